The summed E-state index contributed by atoms with van der Waals surface area (Å²) in [5, 5.41) is 2.40. The first-order valence-corrected chi connectivity index (χ1v) is 4.63. The molecule has 1 aliphatic heterocycles. The topological polar surface area (TPSA) is 47.6 Å². The number of rotatable bonds is 2. The van der Waals surface area contributed by atoms with Crippen LogP contribution in [0.2, 0.25) is 0 Å². The standard InChI is InChI=1S/C11H7F2NO3/c1-2-5-14-10(15)7-3-4-8-9(6-7)17-11(12,13)16-8/h1,3-4,6H,5H2,(H,14,15). The Balaban J connectivity index is 2.19. The Hall–Kier alpha value is -2.29. The molecule has 88 valence electrons. The zero-order valence-corrected chi connectivity index (χ0v) is 8.50. The van der Waals surface area contributed by atoms with Crippen LogP contribution in [0, 0.1) is 12.3 Å². The fourth-order valence-corrected chi connectivity index (χ4v) is 1.32. The summed E-state index contributed by atoms with van der Waals surface area (Å²) in [6.07, 6.45) is 1.29. The fraction of sp³-hybridized carbons (Fsp3) is 0.182. The van der Waals surface area contributed by atoms with Crippen LogP contribution < -0.4 is 14.8 Å². The van der Waals surface area contributed by atoms with Crippen molar-refractivity contribution in [1.29, 1.82) is 0 Å². The molecular formula is C11H7F2NO3. The van der Waals surface area contributed by atoms with E-state index >= 15 is 0 Å². The SMILES string of the molecule is C#CCNC(=O)c1ccc2c(c1)OC(F)(F)O2. The smallest absolute Gasteiger partial charge is 0.395 e. The van der Waals surface area contributed by atoms with Crippen molar-refractivity contribution in [1.82, 2.24) is 5.32 Å². The van der Waals surface area contributed by atoms with E-state index < -0.39 is 12.2 Å². The third kappa shape index (κ3) is 2.28. The van der Waals surface area contributed by atoms with Crippen LogP contribution in [0.1, 0.15) is 10.4 Å². The summed E-state index contributed by atoms with van der Waals surface area (Å²) in [6.45, 7) is 0.0590. The Labute approximate surface area is 95.5 Å². The van der Waals surface area contributed by atoms with Crippen LogP contribution in [0.4, 0.5) is 8.78 Å². The van der Waals surface area contributed by atoms with Crippen LogP contribution in [0.5, 0.6) is 11.5 Å². The van der Waals surface area contributed by atoms with E-state index in [-0.39, 0.29) is 23.6 Å². The molecule has 0 fully saturated rings. The van der Waals surface area contributed by atoms with Gasteiger partial charge in [-0.05, 0) is 18.2 Å². The van der Waals surface area contributed by atoms with E-state index in [4.69, 9.17) is 6.42 Å². The normalized spacial score (nSPS) is 15.1. The summed E-state index contributed by atoms with van der Waals surface area (Å²) >= 11 is 0. The number of fused-ring (bicyclic) bond motifs is 1. The van der Waals surface area contributed by atoms with Gasteiger partial charge in [-0.1, -0.05) is 5.92 Å². The Morgan fingerprint density at radius 1 is 1.41 bits per heavy atom. The maximum absolute atomic E-state index is 12.7. The number of amides is 1. The number of carbonyl (C=O) groups is 1. The van der Waals surface area contributed by atoms with Crippen molar-refractivity contribution >= 4 is 5.91 Å². The molecule has 0 atom stereocenters. The van der Waals surface area contributed by atoms with Gasteiger partial charge in [-0.15, -0.1) is 15.2 Å². The number of nitrogens with one attached hydrogen (secondary N) is 1. The van der Waals surface area contributed by atoms with E-state index in [0.717, 1.165) is 0 Å². The molecule has 1 aromatic rings. The zero-order valence-electron chi connectivity index (χ0n) is 8.50. The van der Waals surface area contributed by atoms with Gasteiger partial charge in [0.25, 0.3) is 5.91 Å². The molecule has 1 aliphatic rings. The van der Waals surface area contributed by atoms with Crippen molar-refractivity contribution in [3.8, 4) is 23.8 Å². The van der Waals surface area contributed by atoms with Crippen molar-refractivity contribution in [3.63, 3.8) is 0 Å². The molecule has 1 heterocycles. The second kappa shape index (κ2) is 3.94. The first-order valence-electron chi connectivity index (χ1n) is 4.63. The quantitative estimate of drug-likeness (QED) is 0.793. The summed E-state index contributed by atoms with van der Waals surface area (Å²) < 4.78 is 33.8. The highest BCUT2D eigenvalue weighted by Gasteiger charge is 2.43. The molecule has 0 bridgehead atoms. The van der Waals surface area contributed by atoms with Crippen molar-refractivity contribution in [3.05, 3.63) is 23.8 Å². The lowest BCUT2D eigenvalue weighted by molar-refractivity contribution is -0.286. The van der Waals surface area contributed by atoms with E-state index in [0.29, 0.717) is 0 Å². The summed E-state index contributed by atoms with van der Waals surface area (Å²) in [6, 6.07) is 3.75. The third-order valence-corrected chi connectivity index (χ3v) is 2.01. The minimum absolute atomic E-state index is 0.0590. The van der Waals surface area contributed by atoms with Gasteiger partial charge in [-0.25, -0.2) is 0 Å². The lowest BCUT2D eigenvalue weighted by Gasteiger charge is -2.04. The van der Waals surface area contributed by atoms with E-state index in [1.54, 1.807) is 0 Å². The fourth-order valence-electron chi connectivity index (χ4n) is 1.32. The monoisotopic (exact) mass is 239 g/mol. The highest BCUT2D eigenvalue weighted by Crippen LogP contribution is 2.41. The highest BCUT2D eigenvalue weighted by atomic mass is 19.3. The average Bonchev–Trinajstić information content (AvgIpc) is 2.58. The third-order valence-electron chi connectivity index (χ3n) is 2.01. The molecule has 4 nitrogen and oxygen atoms in total. The molecule has 0 unspecified atom stereocenters. The van der Waals surface area contributed by atoms with E-state index in [9.17, 15) is 13.6 Å². The summed E-state index contributed by atoms with van der Waals surface area (Å²) in [4.78, 5) is 11.5. The Kier molecular flexibility index (Phi) is 2.60. The van der Waals surface area contributed by atoms with Crippen molar-refractivity contribution in [2.75, 3.05) is 6.54 Å². The molecule has 2 rings (SSSR count). The maximum Gasteiger partial charge on any atom is 0.586 e. The molecule has 1 aromatic carbocycles. The van der Waals surface area contributed by atoms with Crippen molar-refractivity contribution in [2.45, 2.75) is 6.29 Å². The molecule has 0 spiro atoms. The summed E-state index contributed by atoms with van der Waals surface area (Å²) in [5.41, 5.74) is 0.167. The molecular weight excluding hydrogens is 232 g/mol. The van der Waals surface area contributed by atoms with Crippen LogP contribution >= 0.6 is 0 Å². The minimum Gasteiger partial charge on any atom is -0.395 e. The molecule has 0 aliphatic carbocycles. The summed E-state index contributed by atoms with van der Waals surface area (Å²) in [5.74, 6) is 1.47. The molecule has 0 saturated carbocycles. The van der Waals surface area contributed by atoms with Gasteiger partial charge in [0.05, 0.1) is 6.54 Å². The van der Waals surface area contributed by atoms with Crippen LogP contribution in [0.3, 0.4) is 0 Å². The predicted molar refractivity (Wildman–Crippen MR) is 53.8 cm³/mol. The van der Waals surface area contributed by atoms with Crippen LogP contribution in [0.25, 0.3) is 0 Å². The first-order chi connectivity index (χ1) is 8.02. The first kappa shape index (κ1) is 11.2. The molecule has 0 radical (unpaired) electrons. The number of benzene rings is 1. The molecule has 1 N–H and O–H groups in total. The Morgan fingerprint density at radius 2 is 2.12 bits per heavy atom. The highest BCUT2D eigenvalue weighted by molar-refractivity contribution is 5.95. The Morgan fingerprint density at radius 3 is 2.82 bits per heavy atom. The lowest BCUT2D eigenvalue weighted by atomic mass is 10.2. The number of halogens is 2. The van der Waals surface area contributed by atoms with Gasteiger partial charge in [-0.3, -0.25) is 4.79 Å². The van der Waals surface area contributed by atoms with E-state index in [1.165, 1.54) is 18.2 Å². The summed E-state index contributed by atoms with van der Waals surface area (Å²) in [7, 11) is 0. The van der Waals surface area contributed by atoms with Crippen molar-refractivity contribution < 1.29 is 23.0 Å². The van der Waals surface area contributed by atoms with Crippen LogP contribution in [-0.2, 0) is 0 Å². The predicted octanol–water partition coefficient (Wildman–Crippen LogP) is 1.37. The number of alkyl halides is 2. The van der Waals surface area contributed by atoms with Gasteiger partial charge in [-0.2, -0.15) is 0 Å². The van der Waals surface area contributed by atoms with E-state index in [1.807, 2.05) is 0 Å². The number of hydrogen-bond donors (Lipinski definition) is 1. The van der Waals surface area contributed by atoms with Crippen molar-refractivity contribution in [2.24, 2.45) is 0 Å². The molecule has 6 heteroatoms. The van der Waals surface area contributed by atoms with Gasteiger partial charge in [0.2, 0.25) is 0 Å². The van der Waals surface area contributed by atoms with Gasteiger partial charge < -0.3 is 14.8 Å². The molecule has 0 saturated heterocycles. The van der Waals surface area contributed by atoms with E-state index in [2.05, 4.69) is 20.7 Å². The van der Waals surface area contributed by atoms with Crippen LogP contribution in [-0.4, -0.2) is 18.7 Å². The molecule has 17 heavy (non-hydrogen) atoms. The van der Waals surface area contributed by atoms with Gasteiger partial charge in [0.15, 0.2) is 11.5 Å². The average molecular weight is 239 g/mol. The molecule has 0 aromatic heterocycles. The number of carbonyl (C=O) groups excluding carboxylic acids is 1. The van der Waals surface area contributed by atoms with Gasteiger partial charge in [0, 0.05) is 5.56 Å². The lowest BCUT2D eigenvalue weighted by Crippen LogP contribution is -2.26. The number of hydrogen-bond acceptors (Lipinski definition) is 3. The second-order valence-corrected chi connectivity index (χ2v) is 3.22. The Bertz CT molecular complexity index is 508. The second-order valence-electron chi connectivity index (χ2n) is 3.22. The largest absolute Gasteiger partial charge is 0.586 e. The minimum atomic E-state index is -3.68. The maximum atomic E-state index is 12.7. The zero-order chi connectivity index (χ0) is 12.5. The van der Waals surface area contributed by atoms with Crippen LogP contribution in [0.15, 0.2) is 18.2 Å². The van der Waals surface area contributed by atoms with Gasteiger partial charge in [0.1, 0.15) is 0 Å². The molecule has 1 amide bonds. The number of ether oxygens (including phenoxy) is 2. The number of terminal acetylenes is 1. The van der Waals surface area contributed by atoms with Gasteiger partial charge >= 0.3 is 6.29 Å².